The first-order valence-electron chi connectivity index (χ1n) is 10.3. The molecule has 0 saturated heterocycles. The summed E-state index contributed by atoms with van der Waals surface area (Å²) in [4.78, 5) is 17.6. The van der Waals surface area contributed by atoms with Crippen LogP contribution in [-0.4, -0.2) is 34.6 Å². The van der Waals surface area contributed by atoms with E-state index < -0.39 is 0 Å². The number of methoxy groups -OCH3 is 2. The van der Waals surface area contributed by atoms with Crippen molar-refractivity contribution in [2.24, 2.45) is 0 Å². The largest absolute Gasteiger partial charge is 0.497 e. The second kappa shape index (κ2) is 7.96. The van der Waals surface area contributed by atoms with Gasteiger partial charge in [-0.3, -0.25) is 4.79 Å². The van der Waals surface area contributed by atoms with E-state index in [1.807, 2.05) is 47.0 Å². The predicted octanol–water partition coefficient (Wildman–Crippen LogP) is 4.46. The third kappa shape index (κ3) is 3.39. The van der Waals surface area contributed by atoms with Crippen molar-refractivity contribution in [3.8, 4) is 16.9 Å². The molecule has 5 rings (SSSR count). The van der Waals surface area contributed by atoms with Crippen LogP contribution in [0.3, 0.4) is 0 Å². The van der Waals surface area contributed by atoms with Crippen molar-refractivity contribution in [2.75, 3.05) is 14.2 Å². The topological polar surface area (TPSA) is 65.7 Å². The average Bonchev–Trinajstić information content (AvgIpc) is 3.18. The summed E-state index contributed by atoms with van der Waals surface area (Å²) >= 11 is 0. The quantitative estimate of drug-likeness (QED) is 0.483. The van der Waals surface area contributed by atoms with Crippen molar-refractivity contribution in [1.29, 1.82) is 0 Å². The van der Waals surface area contributed by atoms with E-state index in [0.717, 1.165) is 40.3 Å². The van der Waals surface area contributed by atoms with Gasteiger partial charge in [-0.15, -0.1) is 0 Å². The lowest BCUT2D eigenvalue weighted by atomic mass is 9.82. The van der Waals surface area contributed by atoms with Crippen LogP contribution in [0.15, 0.2) is 60.8 Å². The Bertz CT molecular complexity index is 1250. The second-order valence-electron chi connectivity index (χ2n) is 7.78. The summed E-state index contributed by atoms with van der Waals surface area (Å²) < 4.78 is 12.6. The molecule has 4 aromatic rings. The fourth-order valence-corrected chi connectivity index (χ4v) is 4.40. The van der Waals surface area contributed by atoms with E-state index in [1.54, 1.807) is 20.4 Å². The number of nitrogens with zero attached hydrogens (tertiary/aromatic N) is 3. The number of ether oxygens (including phenoxy) is 2. The molecule has 0 fully saturated rings. The molecule has 2 aromatic carbocycles. The number of hydrogen-bond donors (Lipinski definition) is 0. The summed E-state index contributed by atoms with van der Waals surface area (Å²) in [5.41, 5.74) is 6.17. The Balaban J connectivity index is 1.67. The zero-order valence-electron chi connectivity index (χ0n) is 17.5. The molecule has 1 atom stereocenters. The monoisotopic (exact) mass is 413 g/mol. The number of carbonyl (C=O) groups is 1. The third-order valence-electron chi connectivity index (χ3n) is 5.92. The minimum Gasteiger partial charge on any atom is -0.497 e. The first-order valence-corrected chi connectivity index (χ1v) is 10.3. The van der Waals surface area contributed by atoms with E-state index in [0.29, 0.717) is 18.6 Å². The molecule has 31 heavy (non-hydrogen) atoms. The Hall–Kier alpha value is -3.51. The fourth-order valence-electron chi connectivity index (χ4n) is 4.40. The van der Waals surface area contributed by atoms with Crippen molar-refractivity contribution >= 4 is 11.4 Å². The molecule has 0 bridgehead atoms. The lowest BCUT2D eigenvalue weighted by Crippen LogP contribution is -2.22. The Labute approximate surface area is 180 Å². The highest BCUT2D eigenvalue weighted by molar-refractivity contribution is 5.99. The summed E-state index contributed by atoms with van der Waals surface area (Å²) in [5.74, 6) is 1.03. The van der Waals surface area contributed by atoms with Gasteiger partial charge in [0.1, 0.15) is 5.75 Å². The maximum absolute atomic E-state index is 13.0. The highest BCUT2D eigenvalue weighted by atomic mass is 16.5. The molecule has 0 spiro atoms. The molecular weight excluding hydrogens is 390 g/mol. The molecule has 0 N–H and O–H groups in total. The smallest absolute Gasteiger partial charge is 0.166 e. The number of carbonyl (C=O) groups excluding carboxylic acids is 1. The standard InChI is InChI=1S/C25H23N3O3/c1-30-15-21-24(17-8-10-19(31-2)11-9-17)25-26-14-20-22(28(25)27-21)12-18(13-23(20)29)16-6-4-3-5-7-16/h3-11,14,18H,12-13,15H2,1-2H3/t18-/m1/s1. The van der Waals surface area contributed by atoms with E-state index in [4.69, 9.17) is 14.6 Å². The maximum atomic E-state index is 13.0. The molecule has 0 aliphatic heterocycles. The van der Waals surface area contributed by atoms with Gasteiger partial charge in [0.05, 0.1) is 36.2 Å². The van der Waals surface area contributed by atoms with Gasteiger partial charge in [-0.25, -0.2) is 9.50 Å². The minimum absolute atomic E-state index is 0.110. The second-order valence-corrected chi connectivity index (χ2v) is 7.78. The van der Waals surface area contributed by atoms with Gasteiger partial charge in [0.2, 0.25) is 0 Å². The first-order chi connectivity index (χ1) is 15.2. The predicted molar refractivity (Wildman–Crippen MR) is 118 cm³/mol. The summed E-state index contributed by atoms with van der Waals surface area (Å²) in [6.07, 6.45) is 2.93. The molecule has 0 unspecified atom stereocenters. The highest BCUT2D eigenvalue weighted by Gasteiger charge is 2.30. The number of hydrogen-bond acceptors (Lipinski definition) is 5. The van der Waals surface area contributed by atoms with Crippen molar-refractivity contribution in [1.82, 2.24) is 14.6 Å². The molecule has 2 aromatic heterocycles. The van der Waals surface area contributed by atoms with Crippen molar-refractivity contribution in [3.05, 3.63) is 83.3 Å². The Morgan fingerprint density at radius 1 is 1.03 bits per heavy atom. The summed E-state index contributed by atoms with van der Waals surface area (Å²) in [6.45, 7) is 0.357. The Morgan fingerprint density at radius 2 is 1.81 bits per heavy atom. The molecule has 156 valence electrons. The summed E-state index contributed by atoms with van der Waals surface area (Å²) in [7, 11) is 3.30. The van der Waals surface area contributed by atoms with Crippen LogP contribution < -0.4 is 4.74 Å². The number of ketones is 1. The van der Waals surface area contributed by atoms with Crippen LogP contribution in [0, 0.1) is 0 Å². The van der Waals surface area contributed by atoms with Crippen LogP contribution in [-0.2, 0) is 17.8 Å². The number of benzene rings is 2. The molecular formula is C25H23N3O3. The normalized spacial score (nSPS) is 15.8. The summed E-state index contributed by atoms with van der Waals surface area (Å²) in [5, 5.41) is 4.84. The maximum Gasteiger partial charge on any atom is 0.166 e. The van der Waals surface area contributed by atoms with Gasteiger partial charge in [0.25, 0.3) is 0 Å². The zero-order chi connectivity index (χ0) is 21.4. The van der Waals surface area contributed by atoms with Crippen molar-refractivity contribution in [2.45, 2.75) is 25.4 Å². The highest BCUT2D eigenvalue weighted by Crippen LogP contribution is 2.35. The number of aromatic nitrogens is 3. The van der Waals surface area contributed by atoms with Crippen molar-refractivity contribution in [3.63, 3.8) is 0 Å². The molecule has 1 aliphatic rings. The molecule has 1 aliphatic carbocycles. The van der Waals surface area contributed by atoms with E-state index in [1.165, 1.54) is 5.56 Å². The number of Topliss-reactive ketones (excluding diaryl/α,β-unsaturated/α-hetero) is 1. The summed E-state index contributed by atoms with van der Waals surface area (Å²) in [6, 6.07) is 18.0. The molecule has 2 heterocycles. The Morgan fingerprint density at radius 3 is 2.52 bits per heavy atom. The van der Waals surface area contributed by atoms with E-state index in [-0.39, 0.29) is 11.7 Å². The lowest BCUT2D eigenvalue weighted by Gasteiger charge is -2.24. The number of rotatable bonds is 5. The SMILES string of the molecule is COCc1nn2c3c(cnc2c1-c1ccc(OC)cc1)C(=O)C[C@H](c1ccccc1)C3. The molecule has 6 heteroatoms. The van der Waals surface area contributed by atoms with Gasteiger partial charge in [0, 0.05) is 19.7 Å². The fraction of sp³-hybridized carbons (Fsp3) is 0.240. The van der Waals surface area contributed by atoms with Gasteiger partial charge < -0.3 is 9.47 Å². The van der Waals surface area contributed by atoms with Crippen LogP contribution in [0.5, 0.6) is 5.75 Å². The first kappa shape index (κ1) is 19.5. The molecule has 0 radical (unpaired) electrons. The van der Waals surface area contributed by atoms with Crippen molar-refractivity contribution < 1.29 is 14.3 Å². The molecule has 6 nitrogen and oxygen atoms in total. The van der Waals surface area contributed by atoms with E-state index in [9.17, 15) is 4.79 Å². The zero-order valence-corrected chi connectivity index (χ0v) is 17.5. The average molecular weight is 413 g/mol. The molecule has 0 amide bonds. The van der Waals surface area contributed by atoms with Crippen LogP contribution in [0.2, 0.25) is 0 Å². The van der Waals surface area contributed by atoms with E-state index >= 15 is 0 Å². The number of fused-ring (bicyclic) bond motifs is 3. The van der Waals surface area contributed by atoms with Gasteiger partial charge in [0.15, 0.2) is 11.4 Å². The molecule has 0 saturated carbocycles. The van der Waals surface area contributed by atoms with Gasteiger partial charge in [-0.1, -0.05) is 42.5 Å². The van der Waals surface area contributed by atoms with Gasteiger partial charge in [-0.05, 0) is 35.6 Å². The van der Waals surface area contributed by atoms with Gasteiger partial charge >= 0.3 is 0 Å². The lowest BCUT2D eigenvalue weighted by molar-refractivity contribution is 0.0962. The minimum atomic E-state index is 0.110. The Kier molecular flexibility index (Phi) is 5.00. The van der Waals surface area contributed by atoms with Crippen LogP contribution >= 0.6 is 0 Å². The van der Waals surface area contributed by atoms with E-state index in [2.05, 4.69) is 17.1 Å². The van der Waals surface area contributed by atoms with Gasteiger partial charge in [-0.2, -0.15) is 5.10 Å². The van der Waals surface area contributed by atoms with Crippen LogP contribution in [0.25, 0.3) is 16.8 Å². The van der Waals surface area contributed by atoms with Crippen LogP contribution in [0.1, 0.15) is 39.6 Å². The van der Waals surface area contributed by atoms with Crippen LogP contribution in [0.4, 0.5) is 0 Å². The third-order valence-corrected chi connectivity index (χ3v) is 5.92.